The lowest BCUT2D eigenvalue weighted by atomic mass is 9.46. The minimum atomic E-state index is -3.91. The van der Waals surface area contributed by atoms with Gasteiger partial charge in [-0.1, -0.05) is 19.4 Å². The molecule has 0 aromatic heterocycles. The van der Waals surface area contributed by atoms with Gasteiger partial charge in [-0.3, -0.25) is 18.6 Å². The first kappa shape index (κ1) is 25.0. The van der Waals surface area contributed by atoms with E-state index in [-0.39, 0.29) is 42.2 Å². The highest BCUT2D eigenvalue weighted by atomic mass is 32.2. The molecule has 0 radical (unpaired) electrons. The maximum Gasteiger partial charge on any atom is 0.509 e. The van der Waals surface area contributed by atoms with Crippen LogP contribution in [0.2, 0.25) is 0 Å². The molecule has 0 aromatic carbocycles. The Balaban J connectivity index is 1.73. The third kappa shape index (κ3) is 3.73. The molecular weight excluding hydrogens is 464 g/mol. The normalized spacial score (nSPS) is 39.4. The van der Waals surface area contributed by atoms with E-state index in [1.165, 1.54) is 0 Å². The van der Waals surface area contributed by atoms with Gasteiger partial charge < -0.3 is 9.47 Å². The molecule has 0 N–H and O–H groups in total. The fraction of sp³-hybridized carbons (Fsp3) is 0.750. The number of allylic oxidation sites excluding steroid dienone is 1. The lowest BCUT2D eigenvalue weighted by Crippen LogP contribution is -2.62. The number of rotatable bonds is 5. The van der Waals surface area contributed by atoms with E-state index in [0.29, 0.717) is 32.1 Å². The molecule has 0 heterocycles. The Morgan fingerprint density at radius 1 is 1.12 bits per heavy atom. The van der Waals surface area contributed by atoms with Crippen molar-refractivity contribution in [3.8, 4) is 0 Å². The monoisotopic (exact) mass is 496 g/mol. The number of ether oxygens (including phenoxy) is 2. The SMILES string of the molecule is COC(=O)O[C@]1(C(=O)COS(C)(=O)=O)CC[C@H]2[C@@H]3CCC4=CC(=O)CC[C@]4(C)[C@H]3C(=O)C[C@@]21C. The van der Waals surface area contributed by atoms with Crippen LogP contribution in [0.15, 0.2) is 11.6 Å². The van der Waals surface area contributed by atoms with E-state index in [1.54, 1.807) is 13.0 Å². The van der Waals surface area contributed by atoms with Crippen molar-refractivity contribution in [2.45, 2.75) is 64.4 Å². The van der Waals surface area contributed by atoms with E-state index in [0.717, 1.165) is 18.9 Å². The van der Waals surface area contributed by atoms with Crippen LogP contribution in [-0.4, -0.2) is 57.5 Å². The van der Waals surface area contributed by atoms with Gasteiger partial charge in [0, 0.05) is 24.2 Å². The van der Waals surface area contributed by atoms with Crippen LogP contribution in [0.1, 0.15) is 58.8 Å². The average Bonchev–Trinajstić information content (AvgIpc) is 3.04. The smallest absolute Gasteiger partial charge is 0.438 e. The van der Waals surface area contributed by atoms with Crippen molar-refractivity contribution in [1.82, 2.24) is 0 Å². The summed E-state index contributed by atoms with van der Waals surface area (Å²) in [6.07, 6.45) is 4.65. The number of fused-ring (bicyclic) bond motifs is 5. The van der Waals surface area contributed by atoms with Crippen LogP contribution in [0, 0.1) is 28.6 Å². The first-order chi connectivity index (χ1) is 15.8. The maximum atomic E-state index is 13.8. The zero-order valence-electron chi connectivity index (χ0n) is 20.0. The minimum Gasteiger partial charge on any atom is -0.438 e. The summed E-state index contributed by atoms with van der Waals surface area (Å²) in [6, 6.07) is 0. The van der Waals surface area contributed by atoms with Crippen molar-refractivity contribution >= 4 is 33.6 Å². The number of carbonyl (C=O) groups excluding carboxylic acids is 4. The molecular formula is C24H32O9S. The molecule has 0 saturated heterocycles. The van der Waals surface area contributed by atoms with E-state index in [9.17, 15) is 27.6 Å². The van der Waals surface area contributed by atoms with E-state index in [2.05, 4.69) is 6.92 Å². The summed E-state index contributed by atoms with van der Waals surface area (Å²) in [4.78, 5) is 51.5. The Bertz CT molecular complexity index is 1080. The van der Waals surface area contributed by atoms with Crippen molar-refractivity contribution in [3.63, 3.8) is 0 Å². The van der Waals surface area contributed by atoms with Crippen molar-refractivity contribution in [2.24, 2.45) is 28.6 Å². The molecule has 188 valence electrons. The average molecular weight is 497 g/mol. The Kier molecular flexibility index (Phi) is 6.08. The van der Waals surface area contributed by atoms with Gasteiger partial charge in [0.05, 0.1) is 13.4 Å². The molecule has 9 nitrogen and oxygen atoms in total. The summed E-state index contributed by atoms with van der Waals surface area (Å²) in [5, 5.41) is 0. The van der Waals surface area contributed by atoms with Gasteiger partial charge in [-0.25, -0.2) is 4.79 Å². The lowest BCUT2D eigenvalue weighted by molar-refractivity contribution is -0.173. The summed E-state index contributed by atoms with van der Waals surface area (Å²) in [6.45, 7) is 3.08. The van der Waals surface area contributed by atoms with E-state index < -0.39 is 45.1 Å². The second-order valence-electron chi connectivity index (χ2n) is 10.7. The highest BCUT2D eigenvalue weighted by Crippen LogP contribution is 2.67. The van der Waals surface area contributed by atoms with Crippen molar-refractivity contribution < 1.29 is 41.3 Å². The molecule has 0 spiro atoms. The Morgan fingerprint density at radius 3 is 2.47 bits per heavy atom. The number of hydrogen-bond acceptors (Lipinski definition) is 9. The van der Waals surface area contributed by atoms with Crippen LogP contribution < -0.4 is 0 Å². The Hall–Kier alpha value is -2.07. The topological polar surface area (TPSA) is 130 Å². The zero-order valence-corrected chi connectivity index (χ0v) is 20.9. The van der Waals surface area contributed by atoms with Crippen LogP contribution in [0.3, 0.4) is 0 Å². The first-order valence-electron chi connectivity index (χ1n) is 11.7. The van der Waals surface area contributed by atoms with E-state index in [4.69, 9.17) is 13.7 Å². The van der Waals surface area contributed by atoms with Gasteiger partial charge in [-0.05, 0) is 55.4 Å². The molecule has 10 heteroatoms. The van der Waals surface area contributed by atoms with Crippen molar-refractivity contribution in [2.75, 3.05) is 20.0 Å². The van der Waals surface area contributed by atoms with Crippen LogP contribution in [0.25, 0.3) is 0 Å². The molecule has 34 heavy (non-hydrogen) atoms. The van der Waals surface area contributed by atoms with Crippen molar-refractivity contribution in [1.29, 1.82) is 0 Å². The summed E-state index contributed by atoms with van der Waals surface area (Å²) >= 11 is 0. The first-order valence-corrected chi connectivity index (χ1v) is 13.5. The summed E-state index contributed by atoms with van der Waals surface area (Å²) in [7, 11) is -2.78. The largest absolute Gasteiger partial charge is 0.509 e. The van der Waals surface area contributed by atoms with E-state index in [1.807, 2.05) is 0 Å². The van der Waals surface area contributed by atoms with Crippen molar-refractivity contribution in [3.05, 3.63) is 11.6 Å². The number of ketones is 3. The van der Waals surface area contributed by atoms with Gasteiger partial charge in [-0.15, -0.1) is 0 Å². The summed E-state index contributed by atoms with van der Waals surface area (Å²) in [5.41, 5.74) is -2.11. The highest BCUT2D eigenvalue weighted by Gasteiger charge is 2.70. The molecule has 4 rings (SSSR count). The molecule has 4 aliphatic rings. The molecule has 0 amide bonds. The lowest BCUT2D eigenvalue weighted by Gasteiger charge is -2.57. The fourth-order valence-electron chi connectivity index (χ4n) is 7.51. The predicted molar refractivity (Wildman–Crippen MR) is 119 cm³/mol. The third-order valence-corrected chi connectivity index (χ3v) is 9.60. The van der Waals surface area contributed by atoms with Gasteiger partial charge in [0.1, 0.15) is 12.4 Å². The maximum absolute atomic E-state index is 13.8. The molecule has 6 atom stereocenters. The van der Waals surface area contributed by atoms with E-state index >= 15 is 0 Å². The standard InChI is InChI=1S/C24H32O9S/c1-22-9-7-15(25)11-14(22)5-6-16-17-8-10-24(33-21(28)31-3,19(27)13-32-34(4,29)30)23(17,2)12-18(26)20(16)22/h11,16-17,20H,5-10,12-13H2,1-4H3/t16-,17-,20+,22-,23-,24-/m0/s1. The van der Waals surface area contributed by atoms with Crippen LogP contribution in [-0.2, 0) is 38.2 Å². The number of hydrogen-bond donors (Lipinski definition) is 0. The van der Waals surface area contributed by atoms with Gasteiger partial charge in [-0.2, -0.15) is 8.42 Å². The highest BCUT2D eigenvalue weighted by molar-refractivity contribution is 7.86. The fourth-order valence-corrected chi connectivity index (χ4v) is 7.84. The molecule has 0 bridgehead atoms. The number of methoxy groups -OCH3 is 1. The quantitative estimate of drug-likeness (QED) is 0.416. The number of Topliss-reactive ketones (excluding diaryl/α,β-unsaturated/α-hetero) is 2. The predicted octanol–water partition coefficient (Wildman–Crippen LogP) is 2.76. The molecule has 4 aliphatic carbocycles. The van der Waals surface area contributed by atoms with Gasteiger partial charge in [0.25, 0.3) is 10.1 Å². The summed E-state index contributed by atoms with van der Waals surface area (Å²) in [5.74, 6) is -1.00. The second kappa shape index (κ2) is 8.26. The third-order valence-electron chi connectivity index (χ3n) is 9.05. The molecule has 3 saturated carbocycles. The van der Waals surface area contributed by atoms with Gasteiger partial charge in [0.2, 0.25) is 5.78 Å². The van der Waals surface area contributed by atoms with Crippen LogP contribution in [0.5, 0.6) is 0 Å². The minimum absolute atomic E-state index is 0.0112. The molecule has 3 fully saturated rings. The number of carbonyl (C=O) groups is 4. The molecule has 0 unspecified atom stereocenters. The molecule has 0 aliphatic heterocycles. The Morgan fingerprint density at radius 2 is 1.82 bits per heavy atom. The van der Waals surface area contributed by atoms with Crippen LogP contribution in [0.4, 0.5) is 4.79 Å². The zero-order chi connectivity index (χ0) is 25.1. The van der Waals surface area contributed by atoms with Gasteiger partial charge >= 0.3 is 6.16 Å². The van der Waals surface area contributed by atoms with Gasteiger partial charge in [0.15, 0.2) is 11.4 Å². The Labute approximate surface area is 199 Å². The second-order valence-corrected chi connectivity index (χ2v) is 12.4. The summed E-state index contributed by atoms with van der Waals surface area (Å²) < 4.78 is 38.2. The molecule has 0 aromatic rings. The van der Waals surface area contributed by atoms with Crippen LogP contribution >= 0.6 is 0 Å².